The molecule has 0 aliphatic heterocycles. The molecule has 0 heterocycles. The summed E-state index contributed by atoms with van der Waals surface area (Å²) in [4.78, 5) is 0. The molecule has 0 amide bonds. The van der Waals surface area contributed by atoms with Gasteiger partial charge in [-0.15, -0.1) is 0 Å². The average Bonchev–Trinajstić information content (AvgIpc) is 2.19. The van der Waals surface area contributed by atoms with Crippen molar-refractivity contribution in [1.82, 2.24) is 0 Å². The number of rotatable bonds is 1. The summed E-state index contributed by atoms with van der Waals surface area (Å²) >= 11 is 3.39. The zero-order valence-electron chi connectivity index (χ0n) is 9.71. The Hall–Kier alpha value is -1.05. The maximum absolute atomic E-state index is 5.36. The summed E-state index contributed by atoms with van der Waals surface area (Å²) in [6.45, 7) is 6.53. The first-order chi connectivity index (χ1) is 7.43. The molecule has 0 radical (unpaired) electrons. The van der Waals surface area contributed by atoms with Crippen LogP contribution in [0.4, 0.5) is 0 Å². The Balaban J connectivity index is 2.93. The normalized spacial score (nSPS) is 11.9. The van der Waals surface area contributed by atoms with Crippen LogP contribution in [0.3, 0.4) is 0 Å². The van der Waals surface area contributed by atoms with Gasteiger partial charge in [0, 0.05) is 10.0 Å². The smallest absolute Gasteiger partial charge is 0.115 e. The Morgan fingerprint density at radius 2 is 1.81 bits per heavy atom. The van der Waals surface area contributed by atoms with Gasteiger partial charge in [0.1, 0.15) is 8.07 Å². The summed E-state index contributed by atoms with van der Waals surface area (Å²) in [6, 6.07) is 7.88. The molecule has 16 heavy (non-hydrogen) atoms. The Labute approximate surface area is 106 Å². The first-order valence-electron chi connectivity index (χ1n) is 4.99. The number of hydrogen-bond donors (Lipinski definition) is 1. The van der Waals surface area contributed by atoms with Gasteiger partial charge in [0.15, 0.2) is 0 Å². The minimum absolute atomic E-state index is 0.843. The third kappa shape index (κ3) is 3.84. The van der Waals surface area contributed by atoms with Crippen molar-refractivity contribution in [2.24, 2.45) is 10.9 Å². The monoisotopic (exact) mass is 294 g/mol. The Bertz CT molecular complexity index is 447. The molecule has 0 saturated carbocycles. The van der Waals surface area contributed by atoms with Gasteiger partial charge in [0.2, 0.25) is 0 Å². The number of benzene rings is 1. The number of hydrazone groups is 1. The van der Waals surface area contributed by atoms with Crippen molar-refractivity contribution >= 4 is 29.3 Å². The van der Waals surface area contributed by atoms with E-state index in [2.05, 4.69) is 52.5 Å². The number of hydrogen-bond acceptors (Lipinski definition) is 2. The fraction of sp³-hybridized carbons (Fsp3) is 0.250. The van der Waals surface area contributed by atoms with Crippen LogP contribution >= 0.6 is 15.9 Å². The first-order valence-corrected chi connectivity index (χ1v) is 9.29. The van der Waals surface area contributed by atoms with Gasteiger partial charge in [-0.05, 0) is 30.2 Å². The van der Waals surface area contributed by atoms with E-state index >= 15 is 0 Å². The lowest BCUT2D eigenvalue weighted by Gasteiger charge is -2.12. The molecule has 1 aromatic rings. The van der Waals surface area contributed by atoms with Crippen LogP contribution in [0.1, 0.15) is 5.56 Å². The van der Waals surface area contributed by atoms with E-state index in [0.29, 0.717) is 0 Å². The van der Waals surface area contributed by atoms with Gasteiger partial charge in [-0.2, -0.15) is 5.10 Å². The second-order valence-electron chi connectivity index (χ2n) is 4.48. The molecule has 0 spiro atoms. The van der Waals surface area contributed by atoms with Gasteiger partial charge in [0.25, 0.3) is 0 Å². The molecule has 0 fully saturated rings. The molecule has 0 atom stereocenters. The largest absolute Gasteiger partial charge is 0.323 e. The second-order valence-corrected chi connectivity index (χ2v) is 10.4. The van der Waals surface area contributed by atoms with E-state index in [-0.39, 0.29) is 0 Å². The van der Waals surface area contributed by atoms with Crippen LogP contribution in [0.25, 0.3) is 0 Å². The molecular weight excluding hydrogens is 280 g/mol. The molecule has 4 heteroatoms. The lowest BCUT2D eigenvalue weighted by atomic mass is 10.2. The van der Waals surface area contributed by atoms with Gasteiger partial charge < -0.3 is 5.84 Å². The summed E-state index contributed by atoms with van der Waals surface area (Å²) < 4.78 is 1.05. The predicted octanol–water partition coefficient (Wildman–Crippen LogP) is 2.99. The van der Waals surface area contributed by atoms with E-state index in [1.54, 1.807) is 0 Å². The van der Waals surface area contributed by atoms with E-state index in [0.717, 1.165) is 15.4 Å². The molecule has 0 bridgehead atoms. The molecule has 0 aliphatic rings. The molecule has 1 aromatic carbocycles. The highest BCUT2D eigenvalue weighted by Crippen LogP contribution is 2.09. The maximum atomic E-state index is 5.36. The van der Waals surface area contributed by atoms with E-state index in [1.165, 1.54) is 0 Å². The average molecular weight is 295 g/mol. The van der Waals surface area contributed by atoms with Crippen LogP contribution in [0.2, 0.25) is 19.6 Å². The Morgan fingerprint density at radius 3 is 2.25 bits per heavy atom. The molecule has 0 saturated heterocycles. The summed E-state index contributed by atoms with van der Waals surface area (Å²) in [7, 11) is -1.51. The molecule has 2 nitrogen and oxygen atoms in total. The van der Waals surface area contributed by atoms with Crippen molar-refractivity contribution < 1.29 is 0 Å². The van der Waals surface area contributed by atoms with Crippen LogP contribution < -0.4 is 5.84 Å². The lowest BCUT2D eigenvalue weighted by molar-refractivity contribution is 1.26. The van der Waals surface area contributed by atoms with E-state index in [4.69, 9.17) is 5.84 Å². The molecule has 0 unspecified atom stereocenters. The SMILES string of the molecule is C[Si](C)(C)/C(C#Cc1ccc(Br)cc1)=N/N. The van der Waals surface area contributed by atoms with Crippen LogP contribution in [0.15, 0.2) is 33.8 Å². The Kier molecular flexibility index (Phi) is 4.33. The standard InChI is InChI=1S/C12H15BrN2Si/c1-16(2,3)12(15-14)9-6-10-4-7-11(13)8-5-10/h4-5,7-8H,14H2,1-3H3/b15-12+. The summed E-state index contributed by atoms with van der Waals surface area (Å²) in [5, 5.41) is 4.63. The van der Waals surface area contributed by atoms with Crippen LogP contribution in [0, 0.1) is 11.8 Å². The van der Waals surface area contributed by atoms with Crippen LogP contribution in [-0.2, 0) is 0 Å². The minimum Gasteiger partial charge on any atom is -0.323 e. The topological polar surface area (TPSA) is 38.4 Å². The fourth-order valence-corrected chi connectivity index (χ4v) is 2.17. The van der Waals surface area contributed by atoms with Crippen molar-refractivity contribution in [3.63, 3.8) is 0 Å². The molecule has 2 N–H and O–H groups in total. The maximum Gasteiger partial charge on any atom is 0.115 e. The third-order valence-corrected chi connectivity index (χ3v) is 4.21. The molecule has 0 aromatic heterocycles. The van der Waals surface area contributed by atoms with E-state index < -0.39 is 8.07 Å². The van der Waals surface area contributed by atoms with E-state index in [9.17, 15) is 0 Å². The quantitative estimate of drug-likeness (QED) is 0.279. The summed E-state index contributed by atoms with van der Waals surface area (Å²) in [5.41, 5.74) is 0.975. The molecule has 84 valence electrons. The number of nitrogens with two attached hydrogens (primary N) is 1. The van der Waals surface area contributed by atoms with E-state index in [1.807, 2.05) is 24.3 Å². The highest BCUT2D eigenvalue weighted by molar-refractivity contribution is 9.10. The van der Waals surface area contributed by atoms with Gasteiger partial charge in [-0.25, -0.2) is 0 Å². The molecular formula is C12H15BrN2Si. The van der Waals surface area contributed by atoms with Crippen molar-refractivity contribution in [2.45, 2.75) is 19.6 Å². The van der Waals surface area contributed by atoms with Crippen molar-refractivity contribution in [1.29, 1.82) is 0 Å². The van der Waals surface area contributed by atoms with Crippen LogP contribution in [0.5, 0.6) is 0 Å². The third-order valence-electron chi connectivity index (χ3n) is 2.01. The van der Waals surface area contributed by atoms with Crippen molar-refractivity contribution in [3.05, 3.63) is 34.3 Å². The fourth-order valence-electron chi connectivity index (χ4n) is 1.08. The van der Waals surface area contributed by atoms with Gasteiger partial charge in [-0.3, -0.25) is 0 Å². The zero-order chi connectivity index (χ0) is 12.2. The van der Waals surface area contributed by atoms with Gasteiger partial charge in [0.05, 0.1) is 5.33 Å². The zero-order valence-corrected chi connectivity index (χ0v) is 12.3. The number of nitrogens with zero attached hydrogens (tertiary/aromatic N) is 1. The molecule has 0 aliphatic carbocycles. The Morgan fingerprint density at radius 1 is 1.25 bits per heavy atom. The minimum atomic E-state index is -1.51. The van der Waals surface area contributed by atoms with Gasteiger partial charge in [-0.1, -0.05) is 41.5 Å². The summed E-state index contributed by atoms with van der Waals surface area (Å²) in [6.07, 6.45) is 0. The number of halogens is 1. The first kappa shape index (κ1) is 13.0. The summed E-state index contributed by atoms with van der Waals surface area (Å²) in [5.74, 6) is 11.5. The predicted molar refractivity (Wildman–Crippen MR) is 76.0 cm³/mol. The van der Waals surface area contributed by atoms with Crippen LogP contribution in [-0.4, -0.2) is 13.4 Å². The van der Waals surface area contributed by atoms with Gasteiger partial charge >= 0.3 is 0 Å². The second kappa shape index (κ2) is 5.33. The van der Waals surface area contributed by atoms with Crippen molar-refractivity contribution in [3.8, 4) is 11.8 Å². The molecule has 1 rings (SSSR count). The highest BCUT2D eigenvalue weighted by atomic mass is 79.9. The highest BCUT2D eigenvalue weighted by Gasteiger charge is 2.19. The van der Waals surface area contributed by atoms with Crippen molar-refractivity contribution in [2.75, 3.05) is 0 Å². The lowest BCUT2D eigenvalue weighted by Crippen LogP contribution is -2.33.